The zero-order valence-corrected chi connectivity index (χ0v) is 13.9. The van der Waals surface area contributed by atoms with E-state index in [1.54, 1.807) is 27.7 Å². The van der Waals surface area contributed by atoms with Gasteiger partial charge in [0.25, 0.3) is 0 Å². The molecular formula is C8H14O4S5. The van der Waals surface area contributed by atoms with E-state index in [-0.39, 0.29) is 22.8 Å². The summed E-state index contributed by atoms with van der Waals surface area (Å²) in [7, 11) is 5.84. The monoisotopic (exact) mass is 334 g/mol. The summed E-state index contributed by atoms with van der Waals surface area (Å²) in [5.74, 6) is 0. The maximum absolute atomic E-state index is 11.1. The summed E-state index contributed by atoms with van der Waals surface area (Å²) < 4.78 is 9.83. The standard InChI is InChI=1S/C8H14O4S5/c1-5(2)11-7(9)13-15-17-16-14-8(10)12-6(3)4/h5-6H,1-4H3. The number of hydrogen-bond donors (Lipinski definition) is 0. The number of carbonyl (C=O) groups is 2. The summed E-state index contributed by atoms with van der Waals surface area (Å²) in [5, 5.41) is -0.652. The fourth-order valence-electron chi connectivity index (χ4n) is 0.519. The van der Waals surface area contributed by atoms with Crippen molar-refractivity contribution in [1.29, 1.82) is 0 Å². The van der Waals surface area contributed by atoms with Gasteiger partial charge in [0.05, 0.1) is 12.2 Å². The topological polar surface area (TPSA) is 52.6 Å². The molecule has 0 N–H and O–H groups in total. The number of carbonyl (C=O) groups excluding carboxylic acids is 2. The molecule has 0 heterocycles. The van der Waals surface area contributed by atoms with Crippen molar-refractivity contribution in [2.24, 2.45) is 0 Å². The van der Waals surface area contributed by atoms with Crippen LogP contribution in [0.15, 0.2) is 0 Å². The van der Waals surface area contributed by atoms with Gasteiger partial charge in [-0.15, -0.1) is 0 Å². The minimum absolute atomic E-state index is 0.108. The summed E-state index contributed by atoms with van der Waals surface area (Å²) in [6, 6.07) is 0. The highest BCUT2D eigenvalue weighted by molar-refractivity contribution is 9.37. The van der Waals surface area contributed by atoms with Gasteiger partial charge in [-0.1, -0.05) is 0 Å². The average Bonchev–Trinajstić information content (AvgIpc) is 2.14. The second kappa shape index (κ2) is 10.6. The van der Waals surface area contributed by atoms with Gasteiger partial charge in [-0.05, 0) is 57.2 Å². The molecule has 0 aromatic rings. The fraction of sp³-hybridized carbons (Fsp3) is 0.750. The molecule has 0 aliphatic rings. The Kier molecular flexibility index (Phi) is 11.0. The Morgan fingerprint density at radius 1 is 0.765 bits per heavy atom. The minimum atomic E-state index is -0.326. The second-order valence-electron chi connectivity index (χ2n) is 3.20. The Morgan fingerprint density at radius 2 is 1.12 bits per heavy atom. The molecule has 0 rings (SSSR count). The van der Waals surface area contributed by atoms with E-state index in [0.29, 0.717) is 0 Å². The van der Waals surface area contributed by atoms with Crippen molar-refractivity contribution >= 4 is 61.7 Å². The molecule has 9 heteroatoms. The normalized spacial score (nSPS) is 10.7. The predicted octanol–water partition coefficient (Wildman–Crippen LogP) is 5.40. The number of rotatable bonds is 6. The average molecular weight is 335 g/mol. The van der Waals surface area contributed by atoms with Crippen molar-refractivity contribution in [1.82, 2.24) is 0 Å². The molecule has 0 aliphatic heterocycles. The van der Waals surface area contributed by atoms with Crippen LogP contribution in [0.4, 0.5) is 9.59 Å². The lowest BCUT2D eigenvalue weighted by Crippen LogP contribution is -2.04. The molecule has 0 aromatic heterocycles. The van der Waals surface area contributed by atoms with Crippen LogP contribution in [-0.2, 0) is 9.47 Å². The van der Waals surface area contributed by atoms with E-state index < -0.39 is 0 Å². The van der Waals surface area contributed by atoms with Crippen LogP contribution in [0.1, 0.15) is 27.7 Å². The minimum Gasteiger partial charge on any atom is -0.454 e. The third-order valence-corrected chi connectivity index (χ3v) is 8.42. The lowest BCUT2D eigenvalue weighted by molar-refractivity contribution is 0.142. The van der Waals surface area contributed by atoms with Gasteiger partial charge >= 0.3 is 10.6 Å². The molecule has 0 saturated heterocycles. The first-order valence-electron chi connectivity index (χ1n) is 4.67. The van der Waals surface area contributed by atoms with E-state index in [2.05, 4.69) is 0 Å². The molecule has 4 nitrogen and oxygen atoms in total. The van der Waals surface area contributed by atoms with E-state index in [1.807, 2.05) is 0 Å². The fourth-order valence-corrected chi connectivity index (χ4v) is 7.63. The molecule has 0 saturated carbocycles. The van der Waals surface area contributed by atoms with Crippen molar-refractivity contribution in [3.05, 3.63) is 0 Å². The maximum atomic E-state index is 11.1. The van der Waals surface area contributed by atoms with E-state index in [4.69, 9.17) is 9.47 Å². The van der Waals surface area contributed by atoms with Crippen LogP contribution in [0, 0.1) is 0 Å². The molecular weight excluding hydrogens is 320 g/mol. The van der Waals surface area contributed by atoms with Crippen molar-refractivity contribution in [2.75, 3.05) is 0 Å². The molecule has 0 amide bonds. The van der Waals surface area contributed by atoms with Crippen molar-refractivity contribution in [2.45, 2.75) is 39.9 Å². The zero-order chi connectivity index (χ0) is 13.3. The predicted molar refractivity (Wildman–Crippen MR) is 81.2 cm³/mol. The van der Waals surface area contributed by atoms with Gasteiger partial charge in [0.1, 0.15) is 0 Å². The Bertz CT molecular complexity index is 222. The lowest BCUT2D eigenvalue weighted by atomic mass is 10.5. The first kappa shape index (κ1) is 17.7. The van der Waals surface area contributed by atoms with Crippen LogP contribution in [0.25, 0.3) is 0 Å². The van der Waals surface area contributed by atoms with Crippen LogP contribution in [0.2, 0.25) is 0 Å². The summed E-state index contributed by atoms with van der Waals surface area (Å²) in [5.41, 5.74) is 0. The smallest absolute Gasteiger partial charge is 0.379 e. The summed E-state index contributed by atoms with van der Waals surface area (Å²) in [6.07, 6.45) is -0.215. The molecule has 0 radical (unpaired) electrons. The van der Waals surface area contributed by atoms with Crippen molar-refractivity contribution < 1.29 is 19.1 Å². The summed E-state index contributed by atoms with van der Waals surface area (Å²) in [6.45, 7) is 7.18. The van der Waals surface area contributed by atoms with E-state index in [9.17, 15) is 9.59 Å². The highest BCUT2D eigenvalue weighted by Crippen LogP contribution is 2.49. The van der Waals surface area contributed by atoms with Gasteiger partial charge in [-0.2, -0.15) is 0 Å². The quantitative estimate of drug-likeness (QED) is 0.361. The van der Waals surface area contributed by atoms with E-state index in [0.717, 1.165) is 21.6 Å². The molecule has 0 atom stereocenters. The largest absolute Gasteiger partial charge is 0.454 e. The maximum Gasteiger partial charge on any atom is 0.379 e. The van der Waals surface area contributed by atoms with Crippen LogP contribution < -0.4 is 0 Å². The molecule has 0 bridgehead atoms. The molecule has 17 heavy (non-hydrogen) atoms. The Hall–Kier alpha value is 0.690. The van der Waals surface area contributed by atoms with Gasteiger partial charge in [-0.25, -0.2) is 9.59 Å². The van der Waals surface area contributed by atoms with Crippen LogP contribution in [0.5, 0.6) is 0 Å². The second-order valence-corrected chi connectivity index (χ2v) is 10.5. The van der Waals surface area contributed by atoms with E-state index >= 15 is 0 Å². The van der Waals surface area contributed by atoms with Gasteiger partial charge in [0.15, 0.2) is 0 Å². The summed E-state index contributed by atoms with van der Waals surface area (Å²) in [4.78, 5) is 22.2. The molecule has 0 fully saturated rings. The first-order chi connectivity index (χ1) is 7.91. The zero-order valence-electron chi connectivity index (χ0n) is 9.83. The lowest BCUT2D eigenvalue weighted by Gasteiger charge is -2.06. The molecule has 100 valence electrons. The first-order valence-corrected chi connectivity index (χ1v) is 10.8. The Labute approximate surface area is 120 Å². The molecule has 0 aliphatic carbocycles. The van der Waals surface area contributed by atoms with Gasteiger partial charge in [0, 0.05) is 21.6 Å². The van der Waals surface area contributed by atoms with E-state index in [1.165, 1.54) is 29.5 Å². The Balaban J connectivity index is 3.40. The highest BCUT2D eigenvalue weighted by atomic mass is 33.8. The summed E-state index contributed by atoms with van der Waals surface area (Å²) >= 11 is 0. The van der Waals surface area contributed by atoms with Gasteiger partial charge in [0.2, 0.25) is 0 Å². The molecule has 0 aromatic carbocycles. The van der Waals surface area contributed by atoms with Crippen LogP contribution >= 0.6 is 51.1 Å². The van der Waals surface area contributed by atoms with Crippen LogP contribution in [-0.4, -0.2) is 22.8 Å². The number of ether oxygens (including phenoxy) is 2. The van der Waals surface area contributed by atoms with Gasteiger partial charge < -0.3 is 9.47 Å². The van der Waals surface area contributed by atoms with Crippen molar-refractivity contribution in [3.63, 3.8) is 0 Å². The Morgan fingerprint density at radius 3 is 1.41 bits per heavy atom. The van der Waals surface area contributed by atoms with Crippen molar-refractivity contribution in [3.8, 4) is 0 Å². The molecule has 0 spiro atoms. The van der Waals surface area contributed by atoms with Gasteiger partial charge in [-0.3, -0.25) is 0 Å². The third-order valence-electron chi connectivity index (χ3n) is 0.924. The van der Waals surface area contributed by atoms with Crippen LogP contribution in [0.3, 0.4) is 0 Å². The highest BCUT2D eigenvalue weighted by Gasteiger charge is 2.10. The molecule has 0 unspecified atom stereocenters. The third kappa shape index (κ3) is 12.9. The number of hydrogen-bond acceptors (Lipinski definition) is 9. The SMILES string of the molecule is CC(C)OC(=O)SSSSSC(=O)OC(C)C.